The molecular formula is C7H10NS. The zero-order chi connectivity index (χ0) is 6.53. The molecule has 0 amide bonds. The van der Waals surface area contributed by atoms with E-state index >= 15 is 0 Å². The normalized spacial score (nSPS) is 9.89. The maximum absolute atomic E-state index is 3.87. The second kappa shape index (κ2) is 3.62. The number of unbranched alkanes of at least 4 members (excludes halogenated alkanes) is 1. The Morgan fingerprint density at radius 1 is 1.78 bits per heavy atom. The van der Waals surface area contributed by atoms with Crippen molar-refractivity contribution < 1.29 is 0 Å². The molecular weight excluding hydrogens is 130 g/mol. The van der Waals surface area contributed by atoms with E-state index in [0.29, 0.717) is 0 Å². The zero-order valence-corrected chi connectivity index (χ0v) is 6.37. The molecule has 1 radical (unpaired) electrons. The number of aryl methyl sites for hydroxylation is 1. The highest BCUT2D eigenvalue weighted by Gasteiger charge is 1.91. The maximum Gasteiger partial charge on any atom is 0.104 e. The molecule has 0 aliphatic rings. The number of rotatable bonds is 3. The molecule has 0 N–H and O–H groups in total. The highest BCUT2D eigenvalue weighted by Crippen LogP contribution is 2.07. The minimum atomic E-state index is 1.15. The molecule has 0 fully saturated rings. The van der Waals surface area contributed by atoms with Gasteiger partial charge in [-0.15, -0.1) is 11.3 Å². The first-order valence-electron chi connectivity index (χ1n) is 3.23. The van der Waals surface area contributed by atoms with Gasteiger partial charge in [-0.25, -0.2) is 4.98 Å². The molecule has 0 spiro atoms. The molecule has 1 aromatic rings. The van der Waals surface area contributed by atoms with Crippen molar-refractivity contribution in [3.8, 4) is 0 Å². The summed E-state index contributed by atoms with van der Waals surface area (Å²) in [5.41, 5.74) is 1.84. The molecule has 1 nitrogen and oxygen atoms in total. The predicted octanol–water partition coefficient (Wildman–Crippen LogP) is 2.29. The summed E-state index contributed by atoms with van der Waals surface area (Å²) in [7, 11) is 0. The van der Waals surface area contributed by atoms with Crippen molar-refractivity contribution in [2.24, 2.45) is 0 Å². The molecule has 9 heavy (non-hydrogen) atoms. The Labute approximate surface area is 59.8 Å². The van der Waals surface area contributed by atoms with E-state index in [1.807, 2.05) is 5.51 Å². The summed E-state index contributed by atoms with van der Waals surface area (Å²) in [4.78, 5) is 5.16. The smallest absolute Gasteiger partial charge is 0.104 e. The summed E-state index contributed by atoms with van der Waals surface area (Å²) in [6.45, 7) is 2.20. The second-order valence-electron chi connectivity index (χ2n) is 1.99. The van der Waals surface area contributed by atoms with Gasteiger partial charge in [0.05, 0.1) is 5.51 Å². The largest absolute Gasteiger partial charge is 0.243 e. The van der Waals surface area contributed by atoms with E-state index < -0.39 is 0 Å². The van der Waals surface area contributed by atoms with Crippen LogP contribution >= 0.6 is 11.3 Å². The first kappa shape index (κ1) is 6.75. The average molecular weight is 140 g/mol. The number of thiazole rings is 1. The molecule has 1 heterocycles. The molecule has 0 saturated carbocycles. The molecule has 1 aromatic heterocycles. The first-order valence-corrected chi connectivity index (χ1v) is 4.11. The van der Waals surface area contributed by atoms with Crippen molar-refractivity contribution in [2.75, 3.05) is 0 Å². The van der Waals surface area contributed by atoms with Gasteiger partial charge in [0, 0.05) is 4.88 Å². The van der Waals surface area contributed by atoms with E-state index in [9.17, 15) is 0 Å². The molecule has 0 aliphatic carbocycles. The highest BCUT2D eigenvalue weighted by atomic mass is 32.1. The van der Waals surface area contributed by atoms with Crippen LogP contribution in [0.1, 0.15) is 24.6 Å². The SMILES string of the molecule is CCCCc1[c]ncs1. The van der Waals surface area contributed by atoms with Crippen LogP contribution in [0.2, 0.25) is 0 Å². The van der Waals surface area contributed by atoms with Crippen molar-refractivity contribution in [2.45, 2.75) is 26.2 Å². The van der Waals surface area contributed by atoms with E-state index in [1.165, 1.54) is 17.7 Å². The average Bonchev–Trinajstić information content (AvgIpc) is 2.34. The molecule has 0 aliphatic heterocycles. The van der Waals surface area contributed by atoms with Gasteiger partial charge in [-0.1, -0.05) is 13.3 Å². The third-order valence-corrected chi connectivity index (χ3v) is 1.99. The summed E-state index contributed by atoms with van der Waals surface area (Å²) >= 11 is 1.70. The Kier molecular flexibility index (Phi) is 2.71. The molecule has 1 rings (SSSR count). The van der Waals surface area contributed by atoms with Gasteiger partial charge < -0.3 is 0 Å². The number of hydrogen-bond donors (Lipinski definition) is 0. The molecule has 0 saturated heterocycles. The summed E-state index contributed by atoms with van der Waals surface area (Å²) in [6.07, 6.45) is 6.61. The van der Waals surface area contributed by atoms with Crippen LogP contribution < -0.4 is 0 Å². The van der Waals surface area contributed by atoms with Gasteiger partial charge in [0.2, 0.25) is 0 Å². The quantitative estimate of drug-likeness (QED) is 0.627. The lowest BCUT2D eigenvalue weighted by molar-refractivity contribution is 0.802. The van der Waals surface area contributed by atoms with Crippen molar-refractivity contribution in [3.05, 3.63) is 16.6 Å². The van der Waals surface area contributed by atoms with Crippen LogP contribution in [0.25, 0.3) is 0 Å². The van der Waals surface area contributed by atoms with Crippen LogP contribution in [0.15, 0.2) is 5.51 Å². The van der Waals surface area contributed by atoms with Crippen molar-refractivity contribution in [3.63, 3.8) is 0 Å². The standard InChI is InChI=1S/C7H10NS/c1-2-3-4-7-5-8-6-9-7/h6H,2-4H2,1H3. The van der Waals surface area contributed by atoms with Gasteiger partial charge in [0.15, 0.2) is 0 Å². The lowest BCUT2D eigenvalue weighted by Gasteiger charge is -1.88. The topological polar surface area (TPSA) is 12.9 Å². The summed E-state index contributed by atoms with van der Waals surface area (Å²) in [5, 5.41) is 0. The Balaban J connectivity index is 2.30. The fraction of sp³-hybridized carbons (Fsp3) is 0.571. The van der Waals surface area contributed by atoms with Crippen LogP contribution in [0, 0.1) is 6.20 Å². The molecule has 49 valence electrons. The molecule has 0 bridgehead atoms. The van der Waals surface area contributed by atoms with Crippen LogP contribution in [0.4, 0.5) is 0 Å². The Morgan fingerprint density at radius 3 is 3.22 bits per heavy atom. The monoisotopic (exact) mass is 140 g/mol. The van der Waals surface area contributed by atoms with Crippen LogP contribution in [0.3, 0.4) is 0 Å². The van der Waals surface area contributed by atoms with E-state index in [-0.39, 0.29) is 0 Å². The van der Waals surface area contributed by atoms with Gasteiger partial charge in [0.25, 0.3) is 0 Å². The van der Waals surface area contributed by atoms with Gasteiger partial charge in [-0.2, -0.15) is 0 Å². The molecule has 0 unspecified atom stereocenters. The van der Waals surface area contributed by atoms with Crippen LogP contribution in [0.5, 0.6) is 0 Å². The summed E-state index contributed by atoms with van der Waals surface area (Å²) < 4.78 is 0. The van der Waals surface area contributed by atoms with Crippen LogP contribution in [-0.4, -0.2) is 4.98 Å². The lowest BCUT2D eigenvalue weighted by atomic mass is 10.2. The molecule has 0 atom stereocenters. The number of hydrogen-bond acceptors (Lipinski definition) is 2. The second-order valence-corrected chi connectivity index (χ2v) is 2.93. The lowest BCUT2D eigenvalue weighted by Crippen LogP contribution is -1.77. The van der Waals surface area contributed by atoms with E-state index in [0.717, 1.165) is 6.42 Å². The fourth-order valence-electron chi connectivity index (χ4n) is 0.667. The minimum Gasteiger partial charge on any atom is -0.243 e. The van der Waals surface area contributed by atoms with Crippen LogP contribution in [-0.2, 0) is 6.42 Å². The highest BCUT2D eigenvalue weighted by molar-refractivity contribution is 7.09. The predicted molar refractivity (Wildman–Crippen MR) is 39.6 cm³/mol. The summed E-state index contributed by atoms with van der Waals surface area (Å²) in [6, 6.07) is 0. The van der Waals surface area contributed by atoms with Gasteiger partial charge >= 0.3 is 0 Å². The summed E-state index contributed by atoms with van der Waals surface area (Å²) in [5.74, 6) is 0. The maximum atomic E-state index is 3.87. The van der Waals surface area contributed by atoms with Gasteiger partial charge in [0.1, 0.15) is 6.20 Å². The zero-order valence-electron chi connectivity index (χ0n) is 5.55. The molecule has 2 heteroatoms. The van der Waals surface area contributed by atoms with E-state index in [1.54, 1.807) is 11.3 Å². The van der Waals surface area contributed by atoms with Crippen molar-refractivity contribution in [1.29, 1.82) is 0 Å². The third-order valence-electron chi connectivity index (χ3n) is 1.19. The number of aromatic nitrogens is 1. The minimum absolute atomic E-state index is 1.15. The first-order chi connectivity index (χ1) is 4.43. The fourth-order valence-corrected chi connectivity index (χ4v) is 1.27. The van der Waals surface area contributed by atoms with Gasteiger partial charge in [-0.05, 0) is 12.8 Å². The van der Waals surface area contributed by atoms with E-state index in [4.69, 9.17) is 0 Å². The van der Waals surface area contributed by atoms with Crippen molar-refractivity contribution in [1.82, 2.24) is 4.98 Å². The third kappa shape index (κ3) is 2.14. The Morgan fingerprint density at radius 2 is 2.67 bits per heavy atom. The van der Waals surface area contributed by atoms with E-state index in [2.05, 4.69) is 18.1 Å². The molecule has 0 aromatic carbocycles. The Bertz CT molecular complexity index is 146. The number of nitrogens with zero attached hydrogens (tertiary/aromatic N) is 1. The van der Waals surface area contributed by atoms with Crippen molar-refractivity contribution >= 4 is 11.3 Å². The van der Waals surface area contributed by atoms with Gasteiger partial charge in [-0.3, -0.25) is 0 Å². The Hall–Kier alpha value is -0.370.